The topological polar surface area (TPSA) is 41.1 Å². The molecule has 0 spiro atoms. The summed E-state index contributed by atoms with van der Waals surface area (Å²) in [6, 6.07) is 4.82. The minimum absolute atomic E-state index is 0.0879. The number of rotatable bonds is 2. The SMILES string of the molecule is O=C(N[C@H]1CCCNC1)c1cccc(Br)c1F. The maximum absolute atomic E-state index is 13.7. The highest BCUT2D eigenvalue weighted by Crippen LogP contribution is 2.18. The molecule has 0 saturated carbocycles. The Morgan fingerprint density at radius 2 is 2.35 bits per heavy atom. The van der Waals surface area contributed by atoms with Crippen LogP contribution >= 0.6 is 15.9 Å². The van der Waals surface area contributed by atoms with Crippen molar-refractivity contribution in [3.05, 3.63) is 34.1 Å². The highest BCUT2D eigenvalue weighted by Gasteiger charge is 2.19. The Morgan fingerprint density at radius 3 is 3.06 bits per heavy atom. The lowest BCUT2D eigenvalue weighted by Gasteiger charge is -2.23. The quantitative estimate of drug-likeness (QED) is 0.878. The van der Waals surface area contributed by atoms with Gasteiger partial charge in [-0.25, -0.2) is 4.39 Å². The fraction of sp³-hybridized carbons (Fsp3) is 0.417. The van der Waals surface area contributed by atoms with Gasteiger partial charge < -0.3 is 10.6 Å². The van der Waals surface area contributed by atoms with Gasteiger partial charge >= 0.3 is 0 Å². The molecule has 0 radical (unpaired) electrons. The number of carbonyl (C=O) groups excluding carboxylic acids is 1. The molecule has 2 N–H and O–H groups in total. The number of hydrogen-bond acceptors (Lipinski definition) is 2. The molecule has 0 aromatic heterocycles. The van der Waals surface area contributed by atoms with Crippen molar-refractivity contribution >= 4 is 21.8 Å². The monoisotopic (exact) mass is 300 g/mol. The Bertz CT molecular complexity index is 419. The average molecular weight is 301 g/mol. The molecule has 17 heavy (non-hydrogen) atoms. The molecule has 0 bridgehead atoms. The van der Waals surface area contributed by atoms with Gasteiger partial charge in [-0.1, -0.05) is 6.07 Å². The van der Waals surface area contributed by atoms with Crippen molar-refractivity contribution < 1.29 is 9.18 Å². The number of halogens is 2. The van der Waals surface area contributed by atoms with Gasteiger partial charge in [0.1, 0.15) is 5.82 Å². The number of carbonyl (C=O) groups is 1. The molecule has 2 rings (SSSR count). The molecular formula is C12H14BrFN2O. The van der Waals surface area contributed by atoms with Crippen LogP contribution in [-0.4, -0.2) is 25.0 Å². The maximum atomic E-state index is 13.7. The van der Waals surface area contributed by atoms with Crippen molar-refractivity contribution in [3.63, 3.8) is 0 Å². The molecule has 3 nitrogen and oxygen atoms in total. The van der Waals surface area contributed by atoms with Crippen LogP contribution in [0.15, 0.2) is 22.7 Å². The maximum Gasteiger partial charge on any atom is 0.254 e. The molecule has 1 heterocycles. The predicted octanol–water partition coefficient (Wildman–Crippen LogP) is 2.07. The third-order valence-electron chi connectivity index (χ3n) is 2.83. The highest BCUT2D eigenvalue weighted by atomic mass is 79.9. The van der Waals surface area contributed by atoms with Crippen LogP contribution in [-0.2, 0) is 0 Å². The number of amides is 1. The van der Waals surface area contributed by atoms with E-state index in [1.807, 2.05) is 0 Å². The molecule has 0 aliphatic carbocycles. The Hall–Kier alpha value is -0.940. The molecule has 1 amide bonds. The summed E-state index contributed by atoms with van der Waals surface area (Å²) >= 11 is 3.07. The van der Waals surface area contributed by atoms with Crippen molar-refractivity contribution in [1.82, 2.24) is 10.6 Å². The van der Waals surface area contributed by atoms with E-state index in [9.17, 15) is 9.18 Å². The second-order valence-electron chi connectivity index (χ2n) is 4.12. The summed E-state index contributed by atoms with van der Waals surface area (Å²) in [5, 5.41) is 6.04. The molecule has 92 valence electrons. The van der Waals surface area contributed by atoms with Gasteiger partial charge in [-0.05, 0) is 47.4 Å². The van der Waals surface area contributed by atoms with Crippen molar-refractivity contribution in [2.45, 2.75) is 18.9 Å². The van der Waals surface area contributed by atoms with Gasteiger partial charge in [0.25, 0.3) is 5.91 Å². The molecule has 1 aromatic carbocycles. The fourth-order valence-corrected chi connectivity index (χ4v) is 2.28. The second-order valence-corrected chi connectivity index (χ2v) is 4.97. The van der Waals surface area contributed by atoms with Gasteiger partial charge in [0, 0.05) is 12.6 Å². The van der Waals surface area contributed by atoms with E-state index in [1.54, 1.807) is 12.1 Å². The lowest BCUT2D eigenvalue weighted by molar-refractivity contribution is 0.0926. The number of nitrogens with one attached hydrogen (secondary N) is 2. The molecule has 1 aromatic rings. The number of piperidine rings is 1. The van der Waals surface area contributed by atoms with E-state index >= 15 is 0 Å². The molecular weight excluding hydrogens is 287 g/mol. The van der Waals surface area contributed by atoms with Crippen molar-refractivity contribution in [2.75, 3.05) is 13.1 Å². The number of benzene rings is 1. The largest absolute Gasteiger partial charge is 0.348 e. The first kappa shape index (κ1) is 12.5. The standard InChI is InChI=1S/C12H14BrFN2O/c13-10-5-1-4-9(11(10)14)12(17)16-8-3-2-6-15-7-8/h1,4-5,8,15H,2-3,6-7H2,(H,16,17)/t8-/m0/s1. The van der Waals surface area contributed by atoms with Gasteiger partial charge in [-0.2, -0.15) is 0 Å². The predicted molar refractivity (Wildman–Crippen MR) is 67.5 cm³/mol. The van der Waals surface area contributed by atoms with Gasteiger partial charge in [0.15, 0.2) is 0 Å². The van der Waals surface area contributed by atoms with E-state index in [-0.39, 0.29) is 17.5 Å². The van der Waals surface area contributed by atoms with Crippen LogP contribution in [0.2, 0.25) is 0 Å². The van der Waals surface area contributed by atoms with Crippen LogP contribution < -0.4 is 10.6 Å². The average Bonchev–Trinajstić information content (AvgIpc) is 2.34. The van der Waals surface area contributed by atoms with Crippen LogP contribution in [0.5, 0.6) is 0 Å². The van der Waals surface area contributed by atoms with Crippen LogP contribution in [0.1, 0.15) is 23.2 Å². The molecule has 1 fully saturated rings. The first-order valence-electron chi connectivity index (χ1n) is 5.64. The zero-order valence-electron chi connectivity index (χ0n) is 9.30. The van der Waals surface area contributed by atoms with Crippen LogP contribution in [0.4, 0.5) is 4.39 Å². The van der Waals surface area contributed by atoms with E-state index in [2.05, 4.69) is 26.6 Å². The van der Waals surface area contributed by atoms with Crippen molar-refractivity contribution in [2.24, 2.45) is 0 Å². The molecule has 1 atom stereocenters. The molecule has 1 aliphatic rings. The summed E-state index contributed by atoms with van der Waals surface area (Å²) in [7, 11) is 0. The fourth-order valence-electron chi connectivity index (χ4n) is 1.92. The smallest absolute Gasteiger partial charge is 0.254 e. The zero-order chi connectivity index (χ0) is 12.3. The molecule has 0 unspecified atom stereocenters. The minimum atomic E-state index is -0.506. The van der Waals surface area contributed by atoms with Gasteiger partial charge in [-0.15, -0.1) is 0 Å². The van der Waals surface area contributed by atoms with E-state index in [0.717, 1.165) is 25.9 Å². The summed E-state index contributed by atoms with van der Waals surface area (Å²) in [5.74, 6) is -0.855. The van der Waals surface area contributed by atoms with Gasteiger partial charge in [0.05, 0.1) is 10.0 Å². The molecule has 5 heteroatoms. The molecule has 1 saturated heterocycles. The van der Waals surface area contributed by atoms with Gasteiger partial charge in [-0.3, -0.25) is 4.79 Å². The van der Waals surface area contributed by atoms with Gasteiger partial charge in [0.2, 0.25) is 0 Å². The summed E-state index contributed by atoms with van der Waals surface area (Å²) < 4.78 is 14.0. The first-order chi connectivity index (χ1) is 8.18. The normalized spacial score (nSPS) is 20.0. The Morgan fingerprint density at radius 1 is 1.53 bits per heavy atom. The molecule has 1 aliphatic heterocycles. The van der Waals surface area contributed by atoms with E-state index < -0.39 is 5.82 Å². The zero-order valence-corrected chi connectivity index (χ0v) is 10.9. The summed E-state index contributed by atoms with van der Waals surface area (Å²) in [6.07, 6.45) is 1.97. The summed E-state index contributed by atoms with van der Waals surface area (Å²) in [5.41, 5.74) is 0.0879. The van der Waals surface area contributed by atoms with Crippen LogP contribution in [0.25, 0.3) is 0 Å². The summed E-state index contributed by atoms with van der Waals surface area (Å²) in [6.45, 7) is 1.74. The third-order valence-corrected chi connectivity index (χ3v) is 3.44. The van der Waals surface area contributed by atoms with Crippen molar-refractivity contribution in [3.8, 4) is 0 Å². The minimum Gasteiger partial charge on any atom is -0.348 e. The number of hydrogen-bond donors (Lipinski definition) is 2. The van der Waals surface area contributed by atoms with Crippen LogP contribution in [0.3, 0.4) is 0 Å². The summed E-state index contributed by atoms with van der Waals surface area (Å²) in [4.78, 5) is 11.9. The lowest BCUT2D eigenvalue weighted by atomic mass is 10.1. The second kappa shape index (κ2) is 5.60. The van der Waals surface area contributed by atoms with E-state index in [0.29, 0.717) is 4.47 Å². The Labute approximate surface area is 108 Å². The van der Waals surface area contributed by atoms with Crippen LogP contribution in [0, 0.1) is 5.82 Å². The Balaban J connectivity index is 2.06. The van der Waals surface area contributed by atoms with Crippen molar-refractivity contribution in [1.29, 1.82) is 0 Å². The highest BCUT2D eigenvalue weighted by molar-refractivity contribution is 9.10. The Kier molecular flexibility index (Phi) is 4.12. The van der Waals surface area contributed by atoms with E-state index in [4.69, 9.17) is 0 Å². The third kappa shape index (κ3) is 3.04. The van der Waals surface area contributed by atoms with E-state index in [1.165, 1.54) is 6.07 Å². The lowest BCUT2D eigenvalue weighted by Crippen LogP contribution is -2.45. The first-order valence-corrected chi connectivity index (χ1v) is 6.43.